The molecule has 1 atom stereocenters. The number of aliphatic hydroxyl groups is 1. The van der Waals surface area contributed by atoms with Crippen LogP contribution in [-0.2, 0) is 17.8 Å². The number of pyridine rings is 3. The van der Waals surface area contributed by atoms with Gasteiger partial charge in [0.2, 0.25) is 5.91 Å². The van der Waals surface area contributed by atoms with Crippen molar-refractivity contribution in [3.63, 3.8) is 0 Å². The molecule has 2 aliphatic heterocycles. The van der Waals surface area contributed by atoms with E-state index >= 15 is 0 Å². The van der Waals surface area contributed by atoms with E-state index in [4.69, 9.17) is 5.73 Å². The highest BCUT2D eigenvalue weighted by atomic mass is 16.3. The molecule has 0 fully saturated rings. The molecule has 184 valence electrons. The topological polar surface area (TPSA) is 147 Å². The zero-order valence-corrected chi connectivity index (χ0v) is 20.1. The molecule has 6 heterocycles. The maximum Gasteiger partial charge on any atom is 0.244 e. The molecule has 4 aromatic rings. The highest BCUT2D eigenvalue weighted by molar-refractivity contribution is 5.95. The quantitative estimate of drug-likeness (QED) is 0.343. The molecule has 11 heteroatoms. The smallest absolute Gasteiger partial charge is 0.244 e. The first-order chi connectivity index (χ1) is 17.4. The minimum Gasteiger partial charge on any atom is -0.387 e. The van der Waals surface area contributed by atoms with Gasteiger partial charge in [-0.1, -0.05) is 0 Å². The van der Waals surface area contributed by atoms with Crippen molar-refractivity contribution in [3.8, 4) is 11.3 Å². The molecular formula is C25H27N9O2. The minimum absolute atomic E-state index is 0.0411. The fourth-order valence-electron chi connectivity index (χ4n) is 4.85. The van der Waals surface area contributed by atoms with Gasteiger partial charge in [0.25, 0.3) is 0 Å². The number of anilines is 4. The van der Waals surface area contributed by atoms with Crippen LogP contribution in [0.1, 0.15) is 29.5 Å². The largest absolute Gasteiger partial charge is 0.387 e. The first-order valence-electron chi connectivity index (χ1n) is 11.9. The van der Waals surface area contributed by atoms with Gasteiger partial charge in [0.15, 0.2) is 5.82 Å². The Bertz CT molecular complexity index is 1510. The number of hydrogen-bond donors (Lipinski definition) is 4. The molecule has 2 aliphatic rings. The van der Waals surface area contributed by atoms with Crippen LogP contribution in [0, 0.1) is 6.92 Å². The molecule has 0 bridgehead atoms. The predicted octanol–water partition coefficient (Wildman–Crippen LogP) is 2.39. The third-order valence-corrected chi connectivity index (χ3v) is 6.96. The second-order valence-corrected chi connectivity index (χ2v) is 9.34. The van der Waals surface area contributed by atoms with Gasteiger partial charge in [0.1, 0.15) is 18.2 Å². The Morgan fingerprint density at radius 3 is 2.92 bits per heavy atom. The number of nitrogen functional groups attached to an aromatic ring is 1. The van der Waals surface area contributed by atoms with Crippen LogP contribution < -0.4 is 16.4 Å². The Morgan fingerprint density at radius 1 is 1.19 bits per heavy atom. The lowest BCUT2D eigenvalue weighted by atomic mass is 9.98. The molecule has 0 saturated heterocycles. The van der Waals surface area contributed by atoms with Crippen LogP contribution in [0.5, 0.6) is 0 Å². The fourth-order valence-corrected chi connectivity index (χ4v) is 4.85. The number of aliphatic hydroxyl groups excluding tert-OH is 1. The number of carbonyl (C=O) groups excluding carboxylic acids is 1. The van der Waals surface area contributed by atoms with Crippen molar-refractivity contribution in [1.82, 2.24) is 29.6 Å². The molecule has 1 amide bonds. The number of nitrogens with zero attached hydrogens (tertiary/aromatic N) is 6. The van der Waals surface area contributed by atoms with E-state index in [1.54, 1.807) is 22.0 Å². The Morgan fingerprint density at radius 2 is 2.06 bits per heavy atom. The van der Waals surface area contributed by atoms with Crippen molar-refractivity contribution in [1.29, 1.82) is 0 Å². The molecule has 5 N–H and O–H groups in total. The molecule has 4 aromatic heterocycles. The minimum atomic E-state index is -0.569. The average Bonchev–Trinajstić information content (AvgIpc) is 3.17. The summed E-state index contributed by atoms with van der Waals surface area (Å²) in [5.41, 5.74) is 11.4. The molecule has 11 nitrogen and oxygen atoms in total. The summed E-state index contributed by atoms with van der Waals surface area (Å²) in [5, 5.41) is 23.1. The van der Waals surface area contributed by atoms with Gasteiger partial charge >= 0.3 is 0 Å². The van der Waals surface area contributed by atoms with E-state index in [1.165, 1.54) is 0 Å². The monoisotopic (exact) mass is 485 g/mol. The molecule has 0 radical (unpaired) electrons. The van der Waals surface area contributed by atoms with E-state index in [2.05, 4.69) is 30.7 Å². The van der Waals surface area contributed by atoms with Gasteiger partial charge in [0, 0.05) is 61.7 Å². The maximum absolute atomic E-state index is 12.2. The SMILES string of the molecule is Cc1c(-c2cc3cc(Nc4cc5n(n4)CC(=O)N(C)CC5)ncc3c(N)n2)cnc2c1NCC[C@@H]2O. The molecule has 0 aromatic carbocycles. The van der Waals surface area contributed by atoms with Gasteiger partial charge in [-0.2, -0.15) is 5.10 Å². The summed E-state index contributed by atoms with van der Waals surface area (Å²) >= 11 is 0. The number of aromatic nitrogens is 5. The molecule has 0 aliphatic carbocycles. The van der Waals surface area contributed by atoms with E-state index in [1.807, 2.05) is 32.2 Å². The first-order valence-corrected chi connectivity index (χ1v) is 11.9. The van der Waals surface area contributed by atoms with Crippen molar-refractivity contribution < 1.29 is 9.90 Å². The lowest BCUT2D eigenvalue weighted by Crippen LogP contribution is -2.29. The summed E-state index contributed by atoms with van der Waals surface area (Å²) in [5.74, 6) is 1.67. The van der Waals surface area contributed by atoms with Crippen LogP contribution in [0.3, 0.4) is 0 Å². The van der Waals surface area contributed by atoms with Gasteiger partial charge in [-0.15, -0.1) is 0 Å². The third-order valence-electron chi connectivity index (χ3n) is 6.96. The zero-order chi connectivity index (χ0) is 25.0. The lowest BCUT2D eigenvalue weighted by Gasteiger charge is -2.24. The normalized spacial score (nSPS) is 17.4. The van der Waals surface area contributed by atoms with Crippen molar-refractivity contribution in [2.75, 3.05) is 36.5 Å². The van der Waals surface area contributed by atoms with E-state index < -0.39 is 6.10 Å². The summed E-state index contributed by atoms with van der Waals surface area (Å²) in [7, 11) is 1.81. The molecule has 0 unspecified atom stereocenters. The highest BCUT2D eigenvalue weighted by Gasteiger charge is 2.23. The number of fused-ring (bicyclic) bond motifs is 3. The summed E-state index contributed by atoms with van der Waals surface area (Å²) in [6.07, 6.45) is 4.25. The van der Waals surface area contributed by atoms with Crippen LogP contribution in [-0.4, -0.2) is 60.8 Å². The van der Waals surface area contributed by atoms with Crippen molar-refractivity contribution >= 4 is 39.8 Å². The van der Waals surface area contributed by atoms with Crippen molar-refractivity contribution in [3.05, 3.63) is 47.5 Å². The van der Waals surface area contributed by atoms with Crippen molar-refractivity contribution in [2.45, 2.75) is 32.4 Å². The van der Waals surface area contributed by atoms with Crippen molar-refractivity contribution in [2.24, 2.45) is 0 Å². The number of nitrogens with two attached hydrogens (primary N) is 1. The summed E-state index contributed by atoms with van der Waals surface area (Å²) in [6, 6.07) is 5.82. The third kappa shape index (κ3) is 3.77. The Hall–Kier alpha value is -4.25. The van der Waals surface area contributed by atoms with Gasteiger partial charge in [0.05, 0.1) is 23.2 Å². The average molecular weight is 486 g/mol. The maximum atomic E-state index is 12.2. The fraction of sp³-hybridized carbons (Fsp3) is 0.320. The Labute approximate surface area is 207 Å². The lowest BCUT2D eigenvalue weighted by molar-refractivity contribution is -0.130. The number of rotatable bonds is 3. The zero-order valence-electron chi connectivity index (χ0n) is 20.1. The van der Waals surface area contributed by atoms with Crippen LogP contribution >= 0.6 is 0 Å². The standard InChI is InChI=1S/C25H27N9O2/c1-13-16(10-29-24-19(35)3-5-27-23(13)24)18-7-14-8-20(28-11-17(14)25(26)30-18)31-21-9-15-4-6-33(2)22(36)12-34(15)32-21/h7-11,19,27,35H,3-6,12H2,1-2H3,(H2,26,30)(H,28,31,32)/t19-/m0/s1. The van der Waals surface area contributed by atoms with Gasteiger partial charge in [-0.3, -0.25) is 14.5 Å². The number of carbonyl (C=O) groups is 1. The summed E-state index contributed by atoms with van der Waals surface area (Å²) in [6.45, 7) is 3.58. The van der Waals surface area contributed by atoms with Crippen LogP contribution in [0.25, 0.3) is 22.0 Å². The number of likely N-dealkylation sites (N-methyl/N-ethyl adjacent to an activating group) is 1. The second-order valence-electron chi connectivity index (χ2n) is 9.34. The van der Waals surface area contributed by atoms with E-state index in [-0.39, 0.29) is 12.5 Å². The summed E-state index contributed by atoms with van der Waals surface area (Å²) < 4.78 is 1.74. The van der Waals surface area contributed by atoms with E-state index in [0.29, 0.717) is 48.4 Å². The number of amides is 1. The van der Waals surface area contributed by atoms with Gasteiger partial charge < -0.3 is 26.4 Å². The van der Waals surface area contributed by atoms with Crippen LogP contribution in [0.2, 0.25) is 0 Å². The number of nitrogens with one attached hydrogen (secondary N) is 2. The van der Waals surface area contributed by atoms with Gasteiger partial charge in [-0.05, 0) is 36.4 Å². The summed E-state index contributed by atoms with van der Waals surface area (Å²) in [4.78, 5) is 27.5. The van der Waals surface area contributed by atoms with Gasteiger partial charge in [-0.25, -0.2) is 9.97 Å². The predicted molar refractivity (Wildman–Crippen MR) is 137 cm³/mol. The molecule has 36 heavy (non-hydrogen) atoms. The first kappa shape index (κ1) is 22.2. The number of hydrogen-bond acceptors (Lipinski definition) is 9. The van der Waals surface area contributed by atoms with Crippen LogP contribution in [0.15, 0.2) is 30.6 Å². The Balaban J connectivity index is 1.34. The van der Waals surface area contributed by atoms with Crippen LogP contribution in [0.4, 0.5) is 23.1 Å². The van der Waals surface area contributed by atoms with E-state index in [0.717, 1.165) is 39.7 Å². The van der Waals surface area contributed by atoms with E-state index in [9.17, 15) is 9.90 Å². The highest BCUT2D eigenvalue weighted by Crippen LogP contribution is 2.37. The molecule has 0 spiro atoms. The second kappa shape index (κ2) is 8.45. The Kier molecular flexibility index (Phi) is 5.22. The molecule has 6 rings (SSSR count). The molecular weight excluding hydrogens is 458 g/mol. The molecule has 0 saturated carbocycles.